The molecule has 2 aromatic rings. The molecule has 9 heteroatoms. The van der Waals surface area contributed by atoms with E-state index >= 15 is 4.39 Å². The molecule has 1 aromatic carbocycles. The van der Waals surface area contributed by atoms with Gasteiger partial charge < -0.3 is 20.5 Å². The summed E-state index contributed by atoms with van der Waals surface area (Å²) in [5.41, 5.74) is 6.43. The lowest BCUT2D eigenvalue weighted by atomic mass is 9.85. The summed E-state index contributed by atoms with van der Waals surface area (Å²) >= 11 is 6.28. The summed E-state index contributed by atoms with van der Waals surface area (Å²) in [6, 6.07) is 7.08. The zero-order valence-corrected chi connectivity index (χ0v) is 22.3. The second-order valence-corrected chi connectivity index (χ2v) is 10.4. The van der Waals surface area contributed by atoms with Crippen LogP contribution in [0.5, 0.6) is 0 Å². The number of nitrogens with zero attached hydrogens (tertiary/aromatic N) is 2. The van der Waals surface area contributed by atoms with E-state index in [0.717, 1.165) is 36.1 Å². The highest BCUT2D eigenvalue weighted by Gasteiger charge is 2.40. The number of methoxy groups -OCH3 is 1. The smallest absolute Gasteiger partial charge is 0.224 e. The lowest BCUT2D eigenvalue weighted by molar-refractivity contribution is -0.153. The van der Waals surface area contributed by atoms with Crippen molar-refractivity contribution < 1.29 is 18.7 Å². The number of hydrogen-bond acceptors (Lipinski definition) is 7. The number of nitrogens with one attached hydrogen (secondary N) is 1. The quantitative estimate of drug-likeness (QED) is 0.316. The van der Waals surface area contributed by atoms with E-state index in [4.69, 9.17) is 26.8 Å². The number of aromatic nitrogens is 2. The topological polar surface area (TPSA) is 99.4 Å². The molecule has 1 aliphatic carbocycles. The number of carbonyl (C=O) groups is 1. The predicted octanol–water partition coefficient (Wildman–Crippen LogP) is 4.87. The number of Topliss-reactive ketones (excluding diaryl/α,β-unsaturated/α-hetero) is 1. The average molecular weight is 531 g/mol. The van der Waals surface area contributed by atoms with Crippen molar-refractivity contribution in [3.05, 3.63) is 64.6 Å². The molecule has 3 atom stereocenters. The fourth-order valence-corrected chi connectivity index (χ4v) is 5.56. The van der Waals surface area contributed by atoms with Crippen molar-refractivity contribution in [2.75, 3.05) is 32.2 Å². The van der Waals surface area contributed by atoms with Crippen molar-refractivity contribution in [1.82, 2.24) is 9.97 Å². The molecule has 1 saturated heterocycles. The van der Waals surface area contributed by atoms with E-state index in [0.29, 0.717) is 43.9 Å². The van der Waals surface area contributed by atoms with Gasteiger partial charge in [-0.25, -0.2) is 14.4 Å². The summed E-state index contributed by atoms with van der Waals surface area (Å²) in [6.07, 6.45) is 5.14. The van der Waals surface area contributed by atoms with Gasteiger partial charge in [0.2, 0.25) is 5.28 Å². The molecule has 1 aliphatic heterocycles. The van der Waals surface area contributed by atoms with Gasteiger partial charge in [-0.15, -0.1) is 0 Å². The molecule has 0 radical (unpaired) electrons. The molecule has 4 rings (SSSR count). The van der Waals surface area contributed by atoms with Gasteiger partial charge in [-0.3, -0.25) is 4.79 Å². The second kappa shape index (κ2) is 11.6. The Kier molecular flexibility index (Phi) is 8.63. The Balaban J connectivity index is 1.45. The fraction of sp³-hybridized carbons (Fsp3) is 0.536. The SMILES string of the molecule is C=CC(F)(CN)c1cccc([C@@H](C)Nc2nc(Cl)nc3c2CC(CCC(=O)C2(OC)CCOCC2)C3)c1. The van der Waals surface area contributed by atoms with Crippen LogP contribution in [0.15, 0.2) is 36.9 Å². The van der Waals surface area contributed by atoms with E-state index in [1.54, 1.807) is 19.2 Å². The van der Waals surface area contributed by atoms with Gasteiger partial charge >= 0.3 is 0 Å². The van der Waals surface area contributed by atoms with Crippen molar-refractivity contribution in [2.24, 2.45) is 11.7 Å². The number of ether oxygens (including phenoxy) is 2. The average Bonchev–Trinajstić information content (AvgIpc) is 3.34. The van der Waals surface area contributed by atoms with Gasteiger partial charge in [-0.2, -0.15) is 0 Å². The lowest BCUT2D eigenvalue weighted by Crippen LogP contribution is -2.45. The number of fused-ring (bicyclic) bond motifs is 1. The molecule has 2 heterocycles. The van der Waals surface area contributed by atoms with Crippen LogP contribution in [0.3, 0.4) is 0 Å². The molecular weight excluding hydrogens is 495 g/mol. The first-order chi connectivity index (χ1) is 17.7. The molecule has 0 amide bonds. The first-order valence-corrected chi connectivity index (χ1v) is 13.2. The number of hydrogen-bond donors (Lipinski definition) is 2. The van der Waals surface area contributed by atoms with E-state index in [1.165, 1.54) is 6.08 Å². The number of anilines is 1. The zero-order valence-electron chi connectivity index (χ0n) is 21.6. The van der Waals surface area contributed by atoms with Crippen LogP contribution in [0.2, 0.25) is 5.28 Å². The Morgan fingerprint density at radius 2 is 2.16 bits per heavy atom. The van der Waals surface area contributed by atoms with Gasteiger partial charge in [-0.1, -0.05) is 30.8 Å². The Morgan fingerprint density at radius 1 is 1.41 bits per heavy atom. The maximum atomic E-state index is 15.1. The first-order valence-electron chi connectivity index (χ1n) is 12.8. The van der Waals surface area contributed by atoms with Crippen LogP contribution in [0.25, 0.3) is 0 Å². The summed E-state index contributed by atoms with van der Waals surface area (Å²) in [5, 5.41) is 3.63. The molecule has 200 valence electrons. The summed E-state index contributed by atoms with van der Waals surface area (Å²) in [4.78, 5) is 22.0. The Morgan fingerprint density at radius 3 is 2.84 bits per heavy atom. The first kappa shape index (κ1) is 27.6. The molecular formula is C28H36ClFN4O3. The number of rotatable bonds is 11. The predicted molar refractivity (Wildman–Crippen MR) is 142 cm³/mol. The molecule has 3 N–H and O–H groups in total. The van der Waals surface area contributed by atoms with Crippen molar-refractivity contribution in [2.45, 2.75) is 62.8 Å². The van der Waals surface area contributed by atoms with Crippen molar-refractivity contribution in [3.63, 3.8) is 0 Å². The van der Waals surface area contributed by atoms with Crippen LogP contribution >= 0.6 is 11.6 Å². The largest absolute Gasteiger partial charge is 0.381 e. The Labute approximate surface area is 223 Å². The third-order valence-electron chi connectivity index (χ3n) is 7.86. The Hall–Kier alpha value is -2.39. The maximum Gasteiger partial charge on any atom is 0.224 e. The van der Waals surface area contributed by atoms with Gasteiger partial charge in [0.05, 0.1) is 5.69 Å². The van der Waals surface area contributed by atoms with E-state index in [1.807, 2.05) is 19.1 Å². The molecule has 0 bridgehead atoms. The highest BCUT2D eigenvalue weighted by molar-refractivity contribution is 6.28. The standard InChI is InChI=1S/C28H36ClFN4O3/c1-4-27(30,17-31)21-7-5-6-20(16-21)18(2)32-25-22-14-19(15-23(22)33-26(29)34-25)8-9-24(35)28(36-3)10-12-37-13-11-28/h4-7,16,18-19H,1,8-15,17,31H2,2-3H3,(H,32,33,34)/t18-,19?,27?/m1/s1. The molecule has 2 aliphatic rings. The van der Waals surface area contributed by atoms with E-state index in [9.17, 15) is 4.79 Å². The Bertz CT molecular complexity index is 1140. The molecule has 1 fully saturated rings. The van der Waals surface area contributed by atoms with Crippen LogP contribution in [-0.2, 0) is 32.8 Å². The third kappa shape index (κ3) is 5.87. The van der Waals surface area contributed by atoms with Crippen LogP contribution in [0.4, 0.5) is 10.2 Å². The van der Waals surface area contributed by atoms with Gasteiger partial charge in [0, 0.05) is 57.7 Å². The van der Waals surface area contributed by atoms with Crippen molar-refractivity contribution >= 4 is 23.2 Å². The van der Waals surface area contributed by atoms with Crippen LogP contribution in [-0.4, -0.2) is 48.2 Å². The highest BCUT2D eigenvalue weighted by atomic mass is 35.5. The monoisotopic (exact) mass is 530 g/mol. The third-order valence-corrected chi connectivity index (χ3v) is 8.03. The number of carbonyl (C=O) groups excluding carboxylic acids is 1. The number of halogens is 2. The van der Waals surface area contributed by atoms with Crippen molar-refractivity contribution in [3.8, 4) is 0 Å². The minimum absolute atomic E-state index is 0.145. The molecule has 1 aromatic heterocycles. The maximum absolute atomic E-state index is 15.1. The summed E-state index contributed by atoms with van der Waals surface area (Å²) in [5.74, 6) is 1.09. The molecule has 7 nitrogen and oxygen atoms in total. The van der Waals surface area contributed by atoms with Gasteiger partial charge in [-0.05, 0) is 60.9 Å². The number of nitrogens with two attached hydrogens (primary N) is 1. The highest BCUT2D eigenvalue weighted by Crippen LogP contribution is 2.36. The van der Waals surface area contributed by atoms with E-state index in [2.05, 4.69) is 21.9 Å². The summed E-state index contributed by atoms with van der Waals surface area (Å²) in [7, 11) is 1.61. The fourth-order valence-electron chi connectivity index (χ4n) is 5.38. The van der Waals surface area contributed by atoms with E-state index < -0.39 is 11.3 Å². The zero-order chi connectivity index (χ0) is 26.6. The van der Waals surface area contributed by atoms with Crippen LogP contribution in [0, 0.1) is 5.92 Å². The van der Waals surface area contributed by atoms with Crippen LogP contribution in [0.1, 0.15) is 61.0 Å². The van der Waals surface area contributed by atoms with Gasteiger partial charge in [0.15, 0.2) is 11.5 Å². The second-order valence-electron chi connectivity index (χ2n) is 10.1. The molecule has 2 unspecified atom stereocenters. The van der Waals surface area contributed by atoms with Crippen LogP contribution < -0.4 is 11.1 Å². The van der Waals surface area contributed by atoms with E-state index in [-0.39, 0.29) is 29.6 Å². The number of ketones is 1. The molecule has 0 spiro atoms. The normalized spacial score (nSPS) is 21.1. The summed E-state index contributed by atoms with van der Waals surface area (Å²) < 4.78 is 26.2. The summed E-state index contributed by atoms with van der Waals surface area (Å²) in [6.45, 7) is 6.50. The lowest BCUT2D eigenvalue weighted by Gasteiger charge is -2.34. The van der Waals surface area contributed by atoms with Crippen molar-refractivity contribution in [1.29, 1.82) is 0 Å². The minimum Gasteiger partial charge on any atom is -0.381 e. The number of alkyl halides is 1. The molecule has 37 heavy (non-hydrogen) atoms. The minimum atomic E-state index is -1.79. The molecule has 0 saturated carbocycles. The van der Waals surface area contributed by atoms with Gasteiger partial charge in [0.1, 0.15) is 11.4 Å². The van der Waals surface area contributed by atoms with Gasteiger partial charge in [0.25, 0.3) is 0 Å². The number of benzene rings is 1.